The maximum Gasteiger partial charge on any atom is 0.251 e. The van der Waals surface area contributed by atoms with E-state index in [9.17, 15) is 4.79 Å². The van der Waals surface area contributed by atoms with Gasteiger partial charge in [-0.2, -0.15) is 0 Å². The van der Waals surface area contributed by atoms with Crippen LogP contribution in [-0.4, -0.2) is 25.6 Å². The monoisotopic (exact) mass is 236 g/mol. The van der Waals surface area contributed by atoms with Crippen molar-refractivity contribution < 1.29 is 9.53 Å². The molecule has 0 saturated heterocycles. The molecular weight excluding hydrogens is 216 g/mol. The number of methoxy groups -OCH3 is 1. The van der Waals surface area contributed by atoms with Crippen LogP contribution >= 0.6 is 0 Å². The van der Waals surface area contributed by atoms with Crippen molar-refractivity contribution in [3.63, 3.8) is 0 Å². The van der Waals surface area contributed by atoms with Gasteiger partial charge in [0.1, 0.15) is 5.75 Å². The summed E-state index contributed by atoms with van der Waals surface area (Å²) in [5.74, 6) is 0.919. The van der Waals surface area contributed by atoms with E-state index in [0.717, 1.165) is 5.75 Å². The molecule has 3 N–H and O–H groups in total. The van der Waals surface area contributed by atoms with E-state index in [1.807, 2.05) is 13.8 Å². The third-order valence-corrected chi connectivity index (χ3v) is 2.94. The van der Waals surface area contributed by atoms with Crippen molar-refractivity contribution >= 4 is 5.91 Å². The van der Waals surface area contributed by atoms with Crippen LogP contribution in [-0.2, 0) is 0 Å². The predicted molar refractivity (Wildman–Crippen MR) is 68.1 cm³/mol. The van der Waals surface area contributed by atoms with Gasteiger partial charge >= 0.3 is 0 Å². The SMILES string of the molecule is COc1ccc(C(=O)NC(C)C(C)CN)cc1. The molecule has 0 aliphatic heterocycles. The van der Waals surface area contributed by atoms with Crippen molar-refractivity contribution in [3.8, 4) is 5.75 Å². The molecule has 94 valence electrons. The molecule has 1 rings (SSSR count). The minimum absolute atomic E-state index is 0.0644. The Bertz CT molecular complexity index is 362. The Balaban J connectivity index is 2.63. The van der Waals surface area contributed by atoms with Gasteiger partial charge in [-0.15, -0.1) is 0 Å². The van der Waals surface area contributed by atoms with Crippen LogP contribution in [0.4, 0.5) is 0 Å². The number of nitrogens with two attached hydrogens (primary N) is 1. The summed E-state index contributed by atoms with van der Waals surface area (Å²) in [5.41, 5.74) is 6.18. The summed E-state index contributed by atoms with van der Waals surface area (Å²) in [5, 5.41) is 2.92. The fraction of sp³-hybridized carbons (Fsp3) is 0.462. The van der Waals surface area contributed by atoms with Crippen LogP contribution < -0.4 is 15.8 Å². The van der Waals surface area contributed by atoms with Crippen molar-refractivity contribution in [2.45, 2.75) is 19.9 Å². The molecule has 0 aliphatic carbocycles. The number of ether oxygens (including phenoxy) is 1. The maximum atomic E-state index is 11.9. The van der Waals surface area contributed by atoms with Crippen LogP contribution in [0.1, 0.15) is 24.2 Å². The van der Waals surface area contributed by atoms with Gasteiger partial charge in [-0.3, -0.25) is 4.79 Å². The summed E-state index contributed by atoms with van der Waals surface area (Å²) in [6.45, 7) is 4.53. The molecule has 0 aliphatic rings. The number of nitrogens with one attached hydrogen (secondary N) is 1. The zero-order chi connectivity index (χ0) is 12.8. The zero-order valence-corrected chi connectivity index (χ0v) is 10.6. The second-order valence-corrected chi connectivity index (χ2v) is 4.20. The fourth-order valence-electron chi connectivity index (χ4n) is 1.38. The fourth-order valence-corrected chi connectivity index (χ4v) is 1.38. The summed E-state index contributed by atoms with van der Waals surface area (Å²) < 4.78 is 5.04. The lowest BCUT2D eigenvalue weighted by Gasteiger charge is -2.19. The van der Waals surface area contributed by atoms with Gasteiger partial charge in [0.05, 0.1) is 7.11 Å². The van der Waals surface area contributed by atoms with Crippen molar-refractivity contribution in [1.29, 1.82) is 0 Å². The third-order valence-electron chi connectivity index (χ3n) is 2.94. The molecule has 2 atom stereocenters. The van der Waals surface area contributed by atoms with Gasteiger partial charge in [-0.05, 0) is 43.7 Å². The van der Waals surface area contributed by atoms with E-state index in [1.165, 1.54) is 0 Å². The lowest BCUT2D eigenvalue weighted by molar-refractivity contribution is 0.0929. The van der Waals surface area contributed by atoms with Crippen LogP contribution in [0.2, 0.25) is 0 Å². The highest BCUT2D eigenvalue weighted by molar-refractivity contribution is 5.94. The first-order chi connectivity index (χ1) is 8.08. The van der Waals surface area contributed by atoms with Gasteiger partial charge in [0.25, 0.3) is 5.91 Å². The molecule has 0 fully saturated rings. The standard InChI is InChI=1S/C13H20N2O2/c1-9(8-14)10(2)15-13(16)11-4-6-12(17-3)7-5-11/h4-7,9-10H,8,14H2,1-3H3,(H,15,16). The highest BCUT2D eigenvalue weighted by Crippen LogP contribution is 2.11. The summed E-state index contributed by atoms with van der Waals surface area (Å²) >= 11 is 0. The Kier molecular flexibility index (Phi) is 4.97. The van der Waals surface area contributed by atoms with E-state index in [-0.39, 0.29) is 17.9 Å². The summed E-state index contributed by atoms with van der Waals surface area (Å²) in [6, 6.07) is 7.09. The predicted octanol–water partition coefficient (Wildman–Crippen LogP) is 1.41. The van der Waals surface area contributed by atoms with Gasteiger partial charge in [-0.25, -0.2) is 0 Å². The summed E-state index contributed by atoms with van der Waals surface area (Å²) in [6.07, 6.45) is 0. The number of amides is 1. The lowest BCUT2D eigenvalue weighted by Crippen LogP contribution is -2.39. The van der Waals surface area contributed by atoms with E-state index < -0.39 is 0 Å². The number of carbonyl (C=O) groups excluding carboxylic acids is 1. The first kappa shape index (κ1) is 13.5. The van der Waals surface area contributed by atoms with E-state index in [2.05, 4.69) is 5.32 Å². The summed E-state index contributed by atoms with van der Waals surface area (Å²) in [7, 11) is 1.60. The molecule has 0 spiro atoms. The Morgan fingerprint density at radius 2 is 1.94 bits per heavy atom. The molecule has 0 aromatic heterocycles. The average molecular weight is 236 g/mol. The van der Waals surface area contributed by atoms with Crippen molar-refractivity contribution in [1.82, 2.24) is 5.32 Å². The van der Waals surface area contributed by atoms with Gasteiger partial charge in [0.2, 0.25) is 0 Å². The number of benzene rings is 1. The number of hydrogen-bond donors (Lipinski definition) is 2. The van der Waals surface area contributed by atoms with E-state index in [1.54, 1.807) is 31.4 Å². The van der Waals surface area contributed by atoms with E-state index in [0.29, 0.717) is 12.1 Å². The molecule has 0 heterocycles. The molecule has 17 heavy (non-hydrogen) atoms. The molecule has 4 heteroatoms. The van der Waals surface area contributed by atoms with Crippen molar-refractivity contribution in [2.75, 3.05) is 13.7 Å². The molecule has 1 amide bonds. The maximum absolute atomic E-state index is 11.9. The van der Waals surface area contributed by atoms with Crippen LogP contribution in [0, 0.1) is 5.92 Å². The quantitative estimate of drug-likeness (QED) is 0.812. The number of rotatable bonds is 5. The molecule has 1 aromatic rings. The first-order valence-corrected chi connectivity index (χ1v) is 5.73. The first-order valence-electron chi connectivity index (χ1n) is 5.73. The van der Waals surface area contributed by atoms with Gasteiger partial charge in [0, 0.05) is 11.6 Å². The van der Waals surface area contributed by atoms with Crippen molar-refractivity contribution in [3.05, 3.63) is 29.8 Å². The molecule has 0 radical (unpaired) electrons. The van der Waals surface area contributed by atoms with Gasteiger partial charge in [-0.1, -0.05) is 6.92 Å². The lowest BCUT2D eigenvalue weighted by atomic mass is 10.0. The molecule has 0 saturated carbocycles. The molecule has 2 unspecified atom stereocenters. The highest BCUT2D eigenvalue weighted by atomic mass is 16.5. The van der Waals surface area contributed by atoms with Crippen molar-refractivity contribution in [2.24, 2.45) is 11.7 Å². The third kappa shape index (κ3) is 3.75. The number of hydrogen-bond acceptors (Lipinski definition) is 3. The minimum atomic E-state index is -0.0829. The second-order valence-electron chi connectivity index (χ2n) is 4.20. The molecule has 4 nitrogen and oxygen atoms in total. The average Bonchev–Trinajstić information content (AvgIpc) is 2.37. The topological polar surface area (TPSA) is 64.3 Å². The Morgan fingerprint density at radius 1 is 1.35 bits per heavy atom. The molecular formula is C13H20N2O2. The molecule has 1 aromatic carbocycles. The van der Waals surface area contributed by atoms with Crippen LogP contribution in [0.25, 0.3) is 0 Å². The smallest absolute Gasteiger partial charge is 0.251 e. The van der Waals surface area contributed by atoms with Gasteiger partial charge < -0.3 is 15.8 Å². The second kappa shape index (κ2) is 6.25. The van der Waals surface area contributed by atoms with E-state index >= 15 is 0 Å². The minimum Gasteiger partial charge on any atom is -0.497 e. The largest absolute Gasteiger partial charge is 0.497 e. The number of carbonyl (C=O) groups is 1. The van der Waals surface area contributed by atoms with Gasteiger partial charge in [0.15, 0.2) is 0 Å². The molecule has 0 bridgehead atoms. The Labute approximate surface area is 102 Å². The Morgan fingerprint density at radius 3 is 2.41 bits per heavy atom. The van der Waals surface area contributed by atoms with Crippen LogP contribution in [0.5, 0.6) is 5.75 Å². The summed E-state index contributed by atoms with van der Waals surface area (Å²) in [4.78, 5) is 11.9. The highest BCUT2D eigenvalue weighted by Gasteiger charge is 2.14. The zero-order valence-electron chi connectivity index (χ0n) is 10.6. The normalized spacial score (nSPS) is 13.9. The van der Waals surface area contributed by atoms with Crippen LogP contribution in [0.15, 0.2) is 24.3 Å². The Hall–Kier alpha value is -1.55. The van der Waals surface area contributed by atoms with E-state index in [4.69, 9.17) is 10.5 Å². The van der Waals surface area contributed by atoms with Crippen LogP contribution in [0.3, 0.4) is 0 Å².